The number of rotatable bonds is 9. The zero-order valence-electron chi connectivity index (χ0n) is 15.8. The van der Waals surface area contributed by atoms with Gasteiger partial charge in [0.1, 0.15) is 24.1 Å². The van der Waals surface area contributed by atoms with E-state index < -0.39 is 0 Å². The van der Waals surface area contributed by atoms with Crippen molar-refractivity contribution in [2.24, 2.45) is 0 Å². The lowest BCUT2D eigenvalue weighted by Gasteiger charge is -2.12. The Morgan fingerprint density at radius 2 is 2.00 bits per heavy atom. The van der Waals surface area contributed by atoms with Gasteiger partial charge in [0.2, 0.25) is 0 Å². The first kappa shape index (κ1) is 18.6. The summed E-state index contributed by atoms with van der Waals surface area (Å²) in [4.78, 5) is 9.11. The summed E-state index contributed by atoms with van der Waals surface area (Å²) >= 11 is 1.85. The van der Waals surface area contributed by atoms with Crippen molar-refractivity contribution in [2.75, 3.05) is 12.0 Å². The average Bonchev–Trinajstić information content (AvgIpc) is 3.30. The summed E-state index contributed by atoms with van der Waals surface area (Å²) in [6.45, 7) is 6.21. The van der Waals surface area contributed by atoms with Crippen LogP contribution in [0.25, 0.3) is 17.2 Å². The summed E-state index contributed by atoms with van der Waals surface area (Å²) in [5.74, 6) is 2.14. The van der Waals surface area contributed by atoms with Crippen LogP contribution in [0.1, 0.15) is 32.4 Å². The molecule has 0 amide bonds. The van der Waals surface area contributed by atoms with Crippen molar-refractivity contribution < 1.29 is 4.57 Å². The predicted octanol–water partition coefficient (Wildman–Crippen LogP) is 3.14. The minimum absolute atomic E-state index is 0.905. The highest BCUT2D eigenvalue weighted by molar-refractivity contribution is 7.98. The maximum absolute atomic E-state index is 4.74. The monoisotopic (exact) mass is 371 g/mol. The Labute approximate surface area is 159 Å². The van der Waals surface area contributed by atoms with Gasteiger partial charge < -0.3 is 4.57 Å². The number of hydrogen-bond acceptors (Lipinski definition) is 4. The van der Waals surface area contributed by atoms with E-state index in [4.69, 9.17) is 4.98 Å². The van der Waals surface area contributed by atoms with Gasteiger partial charge in [-0.1, -0.05) is 18.9 Å². The molecule has 3 rings (SSSR count). The van der Waals surface area contributed by atoms with Crippen molar-refractivity contribution in [3.05, 3.63) is 42.9 Å². The number of imidazole rings is 1. The zero-order chi connectivity index (χ0) is 18.4. The molecule has 3 aromatic rings. The van der Waals surface area contributed by atoms with Crippen LogP contribution in [-0.4, -0.2) is 36.3 Å². The Morgan fingerprint density at radius 3 is 2.77 bits per heavy atom. The van der Waals surface area contributed by atoms with Crippen LogP contribution in [-0.2, 0) is 19.5 Å². The number of aryl methyl sites for hydroxylation is 2. The first-order chi connectivity index (χ1) is 12.8. The van der Waals surface area contributed by atoms with Crippen molar-refractivity contribution >= 4 is 11.8 Å². The third-order valence-corrected chi connectivity index (χ3v) is 4.93. The maximum atomic E-state index is 4.74. The molecular formula is C19H27N6S+. The van der Waals surface area contributed by atoms with E-state index in [0.29, 0.717) is 0 Å². The average molecular weight is 372 g/mol. The molecule has 0 N–H and O–H groups in total. The van der Waals surface area contributed by atoms with E-state index in [0.717, 1.165) is 55.3 Å². The fourth-order valence-corrected chi connectivity index (χ4v) is 3.57. The highest BCUT2D eigenvalue weighted by Crippen LogP contribution is 2.21. The van der Waals surface area contributed by atoms with Crippen LogP contribution in [0, 0.1) is 0 Å². The zero-order valence-corrected chi connectivity index (χ0v) is 16.6. The van der Waals surface area contributed by atoms with Gasteiger partial charge in [-0.2, -0.15) is 16.3 Å². The maximum Gasteiger partial charge on any atom is 0.308 e. The molecule has 0 saturated heterocycles. The minimum Gasteiger partial charge on any atom is -0.329 e. The van der Waals surface area contributed by atoms with Crippen LogP contribution in [0.3, 0.4) is 0 Å². The second-order valence-electron chi connectivity index (χ2n) is 6.22. The third-order valence-electron chi connectivity index (χ3n) is 4.32. The predicted molar refractivity (Wildman–Crippen MR) is 105 cm³/mol. The molecule has 3 heterocycles. The van der Waals surface area contributed by atoms with Crippen molar-refractivity contribution in [3.8, 4) is 17.2 Å². The molecule has 0 aromatic carbocycles. The molecule has 0 aliphatic rings. The lowest BCUT2D eigenvalue weighted by Crippen LogP contribution is -2.39. The van der Waals surface area contributed by atoms with Gasteiger partial charge >= 0.3 is 5.82 Å². The summed E-state index contributed by atoms with van der Waals surface area (Å²) in [7, 11) is 0. The lowest BCUT2D eigenvalue weighted by molar-refractivity contribution is -0.610. The molecule has 7 heteroatoms. The van der Waals surface area contributed by atoms with E-state index in [1.807, 2.05) is 42.9 Å². The van der Waals surface area contributed by atoms with Crippen LogP contribution < -0.4 is 4.57 Å². The van der Waals surface area contributed by atoms with Crippen LogP contribution in [0.5, 0.6) is 0 Å². The second-order valence-corrected chi connectivity index (χ2v) is 7.21. The summed E-state index contributed by atoms with van der Waals surface area (Å²) < 4.78 is 6.50. The SMILES string of the molecule is CCCn1cncc1-c1ncc[n+](-c2ccnn2CCC)c1CCSC. The number of thioether (sulfide) groups is 1. The van der Waals surface area contributed by atoms with Gasteiger partial charge in [0, 0.05) is 18.7 Å². The van der Waals surface area contributed by atoms with Crippen LogP contribution in [0.4, 0.5) is 0 Å². The van der Waals surface area contributed by atoms with Crippen molar-refractivity contribution in [2.45, 2.75) is 46.2 Å². The topological polar surface area (TPSA) is 52.4 Å². The quantitative estimate of drug-likeness (QED) is 0.542. The van der Waals surface area contributed by atoms with Crippen molar-refractivity contribution in [1.82, 2.24) is 24.3 Å². The standard InChI is InChI=1S/C19H27N6S/c1-4-10-23-15-20-14-17(23)19-16(7-13-26-3)24(12-9-21-19)18-6-8-22-25(18)11-5-2/h6,8-9,12,14-15H,4-5,7,10-11,13H2,1-3H3/q+1. The van der Waals surface area contributed by atoms with Gasteiger partial charge in [0.05, 0.1) is 36.7 Å². The number of hydrogen-bond donors (Lipinski definition) is 0. The van der Waals surface area contributed by atoms with Crippen LogP contribution >= 0.6 is 11.8 Å². The number of aromatic nitrogens is 6. The summed E-state index contributed by atoms with van der Waals surface area (Å²) in [5.41, 5.74) is 3.30. The lowest BCUT2D eigenvalue weighted by atomic mass is 10.2. The first-order valence-electron chi connectivity index (χ1n) is 9.21. The third kappa shape index (κ3) is 3.82. The highest BCUT2D eigenvalue weighted by atomic mass is 32.2. The van der Waals surface area contributed by atoms with E-state index in [2.05, 4.69) is 50.1 Å². The Morgan fingerprint density at radius 1 is 1.15 bits per heavy atom. The molecule has 0 radical (unpaired) electrons. The Kier molecular flexibility index (Phi) is 6.44. The normalized spacial score (nSPS) is 11.2. The molecule has 0 fully saturated rings. The summed E-state index contributed by atoms with van der Waals surface area (Å²) in [5, 5.41) is 4.50. The molecule has 3 aromatic heterocycles. The fraction of sp³-hybridized carbons (Fsp3) is 0.474. The molecule has 0 unspecified atom stereocenters. The van der Waals surface area contributed by atoms with Gasteiger partial charge in [-0.25, -0.2) is 9.97 Å². The van der Waals surface area contributed by atoms with Gasteiger partial charge in [-0.15, -0.1) is 4.68 Å². The van der Waals surface area contributed by atoms with E-state index in [1.165, 1.54) is 5.69 Å². The van der Waals surface area contributed by atoms with Crippen molar-refractivity contribution in [3.63, 3.8) is 0 Å². The molecular weight excluding hydrogens is 344 g/mol. The van der Waals surface area contributed by atoms with E-state index in [9.17, 15) is 0 Å². The molecule has 0 saturated carbocycles. The van der Waals surface area contributed by atoms with Gasteiger partial charge in [0.25, 0.3) is 0 Å². The fourth-order valence-electron chi connectivity index (χ4n) is 3.17. The molecule has 26 heavy (non-hydrogen) atoms. The molecule has 138 valence electrons. The smallest absolute Gasteiger partial charge is 0.308 e. The van der Waals surface area contributed by atoms with Gasteiger partial charge in [-0.3, -0.25) is 0 Å². The molecule has 0 spiro atoms. The minimum atomic E-state index is 0.905. The highest BCUT2D eigenvalue weighted by Gasteiger charge is 2.22. The summed E-state index contributed by atoms with van der Waals surface area (Å²) in [6, 6.07) is 2.07. The molecule has 0 aliphatic heterocycles. The van der Waals surface area contributed by atoms with Crippen LogP contribution in [0.2, 0.25) is 0 Å². The Balaban J connectivity index is 2.13. The Hall–Kier alpha value is -2.15. The van der Waals surface area contributed by atoms with Gasteiger partial charge in [-0.05, 0) is 19.1 Å². The van der Waals surface area contributed by atoms with Crippen molar-refractivity contribution in [1.29, 1.82) is 0 Å². The molecule has 0 atom stereocenters. The molecule has 0 aliphatic carbocycles. The first-order valence-corrected chi connectivity index (χ1v) is 10.6. The second kappa shape index (κ2) is 8.98. The molecule has 6 nitrogen and oxygen atoms in total. The number of nitrogens with zero attached hydrogens (tertiary/aromatic N) is 6. The summed E-state index contributed by atoms with van der Waals surface area (Å²) in [6.07, 6.45) is 14.8. The molecule has 0 bridgehead atoms. The van der Waals surface area contributed by atoms with Crippen LogP contribution in [0.15, 0.2) is 37.2 Å². The largest absolute Gasteiger partial charge is 0.329 e. The van der Waals surface area contributed by atoms with E-state index >= 15 is 0 Å². The van der Waals surface area contributed by atoms with Gasteiger partial charge in [0.15, 0.2) is 0 Å². The Bertz CT molecular complexity index is 776. The van der Waals surface area contributed by atoms with E-state index in [-0.39, 0.29) is 0 Å². The van der Waals surface area contributed by atoms with E-state index in [1.54, 1.807) is 0 Å².